The van der Waals surface area contributed by atoms with Crippen LogP contribution in [0.5, 0.6) is 11.5 Å². The molecular formula is C7H5Li2NO2. The predicted molar refractivity (Wildman–Crippen MR) is 46.0 cm³/mol. The SMILES string of the molecule is N#Cc1cccc(O)c1O.[Li].[Li]. The third-order valence-electron chi connectivity index (χ3n) is 1.14. The van der Waals surface area contributed by atoms with Crippen molar-refractivity contribution in [1.29, 1.82) is 5.26 Å². The van der Waals surface area contributed by atoms with Crippen LogP contribution in [0.1, 0.15) is 5.56 Å². The number of nitriles is 1. The van der Waals surface area contributed by atoms with E-state index in [0.29, 0.717) is 0 Å². The van der Waals surface area contributed by atoms with Crippen LogP contribution in [0.2, 0.25) is 0 Å². The maximum absolute atomic E-state index is 8.93. The Bertz CT molecular complexity index is 296. The van der Waals surface area contributed by atoms with Crippen molar-refractivity contribution in [2.75, 3.05) is 0 Å². The largest absolute Gasteiger partial charge is 0.504 e. The second-order valence-electron chi connectivity index (χ2n) is 1.79. The molecule has 0 fully saturated rings. The van der Waals surface area contributed by atoms with Crippen molar-refractivity contribution >= 4 is 37.7 Å². The van der Waals surface area contributed by atoms with Crippen LogP contribution in [-0.4, -0.2) is 47.9 Å². The topological polar surface area (TPSA) is 64.2 Å². The molecule has 1 aromatic rings. The molecule has 0 amide bonds. The summed E-state index contributed by atoms with van der Waals surface area (Å²) in [6.45, 7) is 0. The molecule has 0 saturated carbocycles. The fraction of sp³-hybridized carbons (Fsp3) is 0. The summed E-state index contributed by atoms with van der Waals surface area (Å²) in [5.74, 6) is -0.621. The Morgan fingerprint density at radius 2 is 1.75 bits per heavy atom. The van der Waals surface area contributed by atoms with Crippen LogP contribution >= 0.6 is 0 Å². The predicted octanol–water partition coefficient (Wildman–Crippen LogP) is 0.208. The zero-order chi connectivity index (χ0) is 7.56. The summed E-state index contributed by atoms with van der Waals surface area (Å²) in [7, 11) is 0. The van der Waals surface area contributed by atoms with E-state index in [1.54, 1.807) is 6.07 Å². The number of rotatable bonds is 0. The Morgan fingerprint density at radius 3 is 2.17 bits per heavy atom. The molecule has 2 radical (unpaired) electrons. The third kappa shape index (κ3) is 2.86. The Kier molecular flexibility index (Phi) is 7.11. The summed E-state index contributed by atoms with van der Waals surface area (Å²) in [5, 5.41) is 26.1. The van der Waals surface area contributed by atoms with E-state index in [9.17, 15) is 0 Å². The maximum Gasteiger partial charge on any atom is 0.175 e. The minimum absolute atomic E-state index is 0. The van der Waals surface area contributed by atoms with E-state index in [0.717, 1.165) is 0 Å². The van der Waals surface area contributed by atoms with Crippen LogP contribution in [0, 0.1) is 11.3 Å². The van der Waals surface area contributed by atoms with Crippen molar-refractivity contribution in [1.82, 2.24) is 0 Å². The van der Waals surface area contributed by atoms with Crippen molar-refractivity contribution in [3.63, 3.8) is 0 Å². The fourth-order valence-electron chi connectivity index (χ4n) is 0.622. The molecule has 12 heavy (non-hydrogen) atoms. The van der Waals surface area contributed by atoms with Crippen molar-refractivity contribution in [3.05, 3.63) is 23.8 Å². The van der Waals surface area contributed by atoms with Gasteiger partial charge in [-0.25, -0.2) is 0 Å². The van der Waals surface area contributed by atoms with Gasteiger partial charge in [-0.3, -0.25) is 0 Å². The number of phenolic OH excluding ortho intramolecular Hbond substituents is 2. The van der Waals surface area contributed by atoms with Gasteiger partial charge >= 0.3 is 0 Å². The molecule has 0 atom stereocenters. The average molecular weight is 149 g/mol. The molecule has 0 aliphatic carbocycles. The molecule has 52 valence electrons. The van der Waals surface area contributed by atoms with Gasteiger partial charge in [0.2, 0.25) is 0 Å². The van der Waals surface area contributed by atoms with Crippen LogP contribution in [0.15, 0.2) is 18.2 Å². The Labute approximate surface area is 94.4 Å². The number of para-hydroxylation sites is 1. The summed E-state index contributed by atoms with van der Waals surface area (Å²) >= 11 is 0. The van der Waals surface area contributed by atoms with Crippen LogP contribution in [0.4, 0.5) is 0 Å². The third-order valence-corrected chi connectivity index (χ3v) is 1.14. The first-order valence-electron chi connectivity index (χ1n) is 2.66. The van der Waals surface area contributed by atoms with E-state index in [4.69, 9.17) is 15.5 Å². The van der Waals surface area contributed by atoms with Gasteiger partial charge in [-0.05, 0) is 12.1 Å². The molecule has 0 aliphatic heterocycles. The number of nitrogens with zero attached hydrogens (tertiary/aromatic N) is 1. The van der Waals surface area contributed by atoms with Gasteiger partial charge < -0.3 is 10.2 Å². The Hall–Kier alpha value is -0.495. The van der Waals surface area contributed by atoms with Gasteiger partial charge in [-0.1, -0.05) is 6.07 Å². The second kappa shape index (κ2) is 6.07. The molecule has 0 bridgehead atoms. The molecule has 3 nitrogen and oxygen atoms in total. The summed E-state index contributed by atoms with van der Waals surface area (Å²) in [5.41, 5.74) is 0.0833. The van der Waals surface area contributed by atoms with E-state index in [-0.39, 0.29) is 54.8 Å². The molecule has 0 saturated heterocycles. The monoisotopic (exact) mass is 149 g/mol. The molecule has 0 unspecified atom stereocenters. The van der Waals surface area contributed by atoms with Crippen LogP contribution in [-0.2, 0) is 0 Å². The average Bonchev–Trinajstić information content (AvgIpc) is 1.95. The fourth-order valence-corrected chi connectivity index (χ4v) is 0.622. The first-order valence-corrected chi connectivity index (χ1v) is 2.66. The molecule has 0 aliphatic rings. The number of aromatic hydroxyl groups is 2. The zero-order valence-electron chi connectivity index (χ0n) is 7.07. The Morgan fingerprint density at radius 1 is 1.17 bits per heavy atom. The van der Waals surface area contributed by atoms with Gasteiger partial charge in [-0.15, -0.1) is 0 Å². The zero-order valence-corrected chi connectivity index (χ0v) is 7.07. The maximum atomic E-state index is 8.93. The van der Waals surface area contributed by atoms with Gasteiger partial charge in [0.15, 0.2) is 11.5 Å². The van der Waals surface area contributed by atoms with Gasteiger partial charge in [0.05, 0.1) is 5.56 Å². The molecule has 5 heteroatoms. The van der Waals surface area contributed by atoms with Gasteiger partial charge in [0, 0.05) is 37.7 Å². The van der Waals surface area contributed by atoms with E-state index in [2.05, 4.69) is 0 Å². The van der Waals surface area contributed by atoms with Crippen LogP contribution in [0.25, 0.3) is 0 Å². The number of benzene rings is 1. The standard InChI is InChI=1S/C7H5NO2.2Li/c8-4-5-2-1-3-6(9)7(5)10;;/h1-3,9-10H;;. The van der Waals surface area contributed by atoms with Gasteiger partial charge in [0.25, 0.3) is 0 Å². The van der Waals surface area contributed by atoms with Crippen molar-refractivity contribution in [2.24, 2.45) is 0 Å². The van der Waals surface area contributed by atoms with Crippen molar-refractivity contribution in [2.45, 2.75) is 0 Å². The van der Waals surface area contributed by atoms with Crippen LogP contribution in [0.3, 0.4) is 0 Å². The van der Waals surface area contributed by atoms with E-state index in [1.807, 2.05) is 0 Å². The van der Waals surface area contributed by atoms with Gasteiger partial charge in [-0.2, -0.15) is 5.26 Å². The first-order chi connectivity index (χ1) is 4.75. The Balaban J connectivity index is 0. The summed E-state index contributed by atoms with van der Waals surface area (Å²) < 4.78 is 0. The quantitative estimate of drug-likeness (QED) is 0.409. The van der Waals surface area contributed by atoms with Crippen molar-refractivity contribution in [3.8, 4) is 17.6 Å². The molecule has 1 rings (SSSR count). The van der Waals surface area contributed by atoms with Crippen LogP contribution < -0.4 is 0 Å². The second-order valence-corrected chi connectivity index (χ2v) is 1.79. The van der Waals surface area contributed by atoms with E-state index in [1.165, 1.54) is 18.2 Å². The molecule has 1 aromatic carbocycles. The summed E-state index contributed by atoms with van der Waals surface area (Å²) in [6.07, 6.45) is 0. The smallest absolute Gasteiger partial charge is 0.175 e. The summed E-state index contributed by atoms with van der Waals surface area (Å²) in [6, 6.07) is 5.96. The first kappa shape index (κ1) is 14.1. The number of hydrogen-bond acceptors (Lipinski definition) is 3. The molecule has 0 spiro atoms. The van der Waals surface area contributed by atoms with Crippen molar-refractivity contribution < 1.29 is 10.2 Å². The van der Waals surface area contributed by atoms with Gasteiger partial charge in [0.1, 0.15) is 6.07 Å². The number of hydrogen-bond donors (Lipinski definition) is 2. The summed E-state index contributed by atoms with van der Waals surface area (Å²) in [4.78, 5) is 0. The normalized spacial score (nSPS) is 7.25. The molecule has 2 N–H and O–H groups in total. The number of phenols is 2. The molecule has 0 heterocycles. The molecular weight excluding hydrogens is 144 g/mol. The minimum Gasteiger partial charge on any atom is -0.504 e. The van der Waals surface area contributed by atoms with E-state index < -0.39 is 0 Å². The molecule has 0 aromatic heterocycles. The minimum atomic E-state index is -0.356. The van der Waals surface area contributed by atoms with E-state index >= 15 is 0 Å².